The molecule has 72 valence electrons. The van der Waals surface area contributed by atoms with Crippen molar-refractivity contribution < 1.29 is 15.0 Å². The number of carbonyl (C=O) groups is 1. The second-order valence-electron chi connectivity index (χ2n) is 2.64. The van der Waals surface area contributed by atoms with Crippen LogP contribution < -0.4 is 4.84 Å². The average molecular weight is 196 g/mol. The van der Waals surface area contributed by atoms with Crippen LogP contribution >= 0.6 is 11.8 Å². The van der Waals surface area contributed by atoms with Gasteiger partial charge in [0.2, 0.25) is 0 Å². The van der Waals surface area contributed by atoms with Gasteiger partial charge in [0.15, 0.2) is 6.10 Å². The molecule has 0 saturated carbocycles. The largest absolute Gasteiger partial charge is 0.479 e. The van der Waals surface area contributed by atoms with Crippen LogP contribution in [0.1, 0.15) is 26.2 Å². The molecule has 4 nitrogen and oxygen atoms in total. The van der Waals surface area contributed by atoms with Crippen molar-refractivity contribution in [1.29, 1.82) is 0 Å². The van der Waals surface area contributed by atoms with E-state index in [0.29, 0.717) is 6.42 Å². The Morgan fingerprint density at radius 3 is 2.58 bits per heavy atom. The van der Waals surface area contributed by atoms with Gasteiger partial charge in [-0.1, -0.05) is 19.8 Å². The number of carboxylic acids is 1. The summed E-state index contributed by atoms with van der Waals surface area (Å²) in [4.78, 5) is 12.6. The highest BCUT2D eigenvalue weighted by Crippen LogP contribution is 2.06. The highest BCUT2D eigenvalue weighted by molar-refractivity contribution is 6.13. The van der Waals surface area contributed by atoms with Gasteiger partial charge in [-0.15, -0.1) is 0 Å². The highest BCUT2D eigenvalue weighted by Gasteiger charge is 2.23. The molecule has 0 aromatic rings. The van der Waals surface area contributed by atoms with Gasteiger partial charge < -0.3 is 10.2 Å². The maximum atomic E-state index is 10.3. The molecular weight excluding hydrogens is 182 g/mol. The molecule has 0 aromatic carbocycles. The van der Waals surface area contributed by atoms with Crippen molar-refractivity contribution in [3.63, 3.8) is 0 Å². The Morgan fingerprint density at radius 1 is 1.67 bits per heavy atom. The maximum Gasteiger partial charge on any atom is 0.334 e. The van der Waals surface area contributed by atoms with Crippen LogP contribution in [-0.2, 0) is 4.79 Å². The predicted molar refractivity (Wildman–Crippen MR) is 45.9 cm³/mol. The molecule has 0 radical (unpaired) electrons. The van der Waals surface area contributed by atoms with E-state index in [2.05, 4.69) is 4.84 Å². The molecule has 12 heavy (non-hydrogen) atoms. The Hall–Kier alpha value is -0.320. The molecule has 0 bridgehead atoms. The van der Waals surface area contributed by atoms with Gasteiger partial charge in [0, 0.05) is 0 Å². The number of aliphatic hydroxyl groups is 1. The molecule has 0 aliphatic rings. The van der Waals surface area contributed by atoms with Crippen LogP contribution in [0.3, 0.4) is 0 Å². The van der Waals surface area contributed by atoms with Gasteiger partial charge in [0.1, 0.15) is 0 Å². The van der Waals surface area contributed by atoms with Gasteiger partial charge in [-0.2, -0.15) is 0 Å². The first-order valence-electron chi connectivity index (χ1n) is 3.90. The zero-order chi connectivity index (χ0) is 9.56. The van der Waals surface area contributed by atoms with Crippen molar-refractivity contribution in [3.8, 4) is 0 Å². The molecule has 0 spiro atoms. The summed E-state index contributed by atoms with van der Waals surface area (Å²) in [6.07, 6.45) is 0.929. The number of aliphatic carboxylic acids is 1. The fourth-order valence-electron chi connectivity index (χ4n) is 0.868. The van der Waals surface area contributed by atoms with Crippen LogP contribution in [0.5, 0.6) is 0 Å². The fraction of sp³-hybridized carbons (Fsp3) is 0.857. The summed E-state index contributed by atoms with van der Waals surface area (Å²) in [7, 11) is 0. The molecule has 2 atom stereocenters. The summed E-state index contributed by atoms with van der Waals surface area (Å²) in [5, 5.41) is 17.5. The summed E-state index contributed by atoms with van der Waals surface area (Å²) < 4.78 is 0. The summed E-state index contributed by atoms with van der Waals surface area (Å²) >= 11 is 5.27. The number of nitrogens with one attached hydrogen (secondary N) is 1. The lowest BCUT2D eigenvalue weighted by Gasteiger charge is -2.16. The molecule has 0 rings (SSSR count). The molecule has 0 heterocycles. The van der Waals surface area contributed by atoms with E-state index in [1.807, 2.05) is 6.92 Å². The number of aliphatic hydroxyl groups excluding tert-OH is 1. The van der Waals surface area contributed by atoms with Crippen LogP contribution in [0.25, 0.3) is 0 Å². The lowest BCUT2D eigenvalue weighted by Crippen LogP contribution is -2.40. The summed E-state index contributed by atoms with van der Waals surface area (Å²) in [6.45, 7) is 1.98. The predicted octanol–water partition coefficient (Wildman–Crippen LogP) is 0.734. The first-order valence-corrected chi connectivity index (χ1v) is 4.28. The smallest absolute Gasteiger partial charge is 0.334 e. The molecule has 0 aliphatic heterocycles. The van der Waals surface area contributed by atoms with Crippen molar-refractivity contribution in [3.05, 3.63) is 0 Å². The molecule has 0 fully saturated rings. The topological polar surface area (TPSA) is 69.6 Å². The van der Waals surface area contributed by atoms with E-state index >= 15 is 0 Å². The van der Waals surface area contributed by atoms with Crippen molar-refractivity contribution in [2.24, 2.45) is 0 Å². The quantitative estimate of drug-likeness (QED) is 0.547. The van der Waals surface area contributed by atoms with E-state index in [-0.39, 0.29) is 0 Å². The minimum atomic E-state index is -1.42. The van der Waals surface area contributed by atoms with E-state index in [9.17, 15) is 4.79 Å². The Kier molecular flexibility index (Phi) is 6.06. The molecule has 0 saturated heterocycles. The Bertz CT molecular complexity index is 143. The lowest BCUT2D eigenvalue weighted by molar-refractivity contribution is -0.148. The number of hydrogen-bond donors (Lipinski definition) is 3. The molecule has 5 heteroatoms. The highest BCUT2D eigenvalue weighted by atomic mass is 35.5. The van der Waals surface area contributed by atoms with E-state index in [0.717, 1.165) is 12.8 Å². The van der Waals surface area contributed by atoms with E-state index in [1.54, 1.807) is 0 Å². The first kappa shape index (κ1) is 11.7. The van der Waals surface area contributed by atoms with Crippen LogP contribution in [-0.4, -0.2) is 28.3 Å². The first-order chi connectivity index (χ1) is 5.63. The Morgan fingerprint density at radius 2 is 2.25 bits per heavy atom. The van der Waals surface area contributed by atoms with Gasteiger partial charge in [-0.05, 0) is 18.2 Å². The third-order valence-electron chi connectivity index (χ3n) is 1.64. The molecule has 0 unspecified atom stereocenters. The van der Waals surface area contributed by atoms with Gasteiger partial charge in [-0.25, -0.2) is 9.63 Å². The lowest BCUT2D eigenvalue weighted by atomic mass is 10.1. The molecule has 0 aromatic heterocycles. The SMILES string of the molecule is CCCC[C@H](NCl)[C@H](O)C(=O)O. The van der Waals surface area contributed by atoms with E-state index < -0.39 is 18.1 Å². The number of carboxylic acid groups (broad SMARTS) is 1. The van der Waals surface area contributed by atoms with Crippen LogP contribution in [0.15, 0.2) is 0 Å². The average Bonchev–Trinajstić information content (AvgIpc) is 2.05. The third kappa shape index (κ3) is 3.90. The van der Waals surface area contributed by atoms with Gasteiger partial charge in [0.05, 0.1) is 6.04 Å². The second-order valence-corrected chi connectivity index (χ2v) is 2.86. The third-order valence-corrected chi connectivity index (χ3v) is 1.92. The maximum absolute atomic E-state index is 10.3. The Balaban J connectivity index is 3.87. The summed E-state index contributed by atoms with van der Waals surface area (Å²) in [5.74, 6) is -1.25. The zero-order valence-corrected chi connectivity index (χ0v) is 7.71. The van der Waals surface area contributed by atoms with E-state index in [4.69, 9.17) is 22.0 Å². The van der Waals surface area contributed by atoms with Crippen LogP contribution in [0.4, 0.5) is 0 Å². The minimum absolute atomic E-state index is 0.563. The molecule has 0 amide bonds. The monoisotopic (exact) mass is 195 g/mol. The molecule has 0 aliphatic carbocycles. The van der Waals surface area contributed by atoms with E-state index in [1.165, 1.54) is 0 Å². The fourth-order valence-corrected chi connectivity index (χ4v) is 1.10. The minimum Gasteiger partial charge on any atom is -0.479 e. The normalized spacial score (nSPS) is 15.6. The summed E-state index contributed by atoms with van der Waals surface area (Å²) in [5.41, 5.74) is 0. The number of hydrogen-bond acceptors (Lipinski definition) is 3. The molecule has 3 N–H and O–H groups in total. The second kappa shape index (κ2) is 6.22. The number of halogens is 1. The van der Waals surface area contributed by atoms with Crippen molar-refractivity contribution in [2.45, 2.75) is 38.3 Å². The number of rotatable bonds is 6. The van der Waals surface area contributed by atoms with Gasteiger partial charge >= 0.3 is 5.97 Å². The van der Waals surface area contributed by atoms with Crippen molar-refractivity contribution in [2.75, 3.05) is 0 Å². The van der Waals surface area contributed by atoms with Gasteiger partial charge in [0.25, 0.3) is 0 Å². The molecular formula is C7H14ClNO3. The standard InChI is InChI=1S/C7H14ClNO3/c1-2-3-4-5(9-8)6(10)7(11)12/h5-6,9-10H,2-4H2,1H3,(H,11,12)/t5-,6-/m0/s1. The Labute approximate surface area is 76.6 Å². The van der Waals surface area contributed by atoms with Crippen LogP contribution in [0.2, 0.25) is 0 Å². The van der Waals surface area contributed by atoms with Crippen LogP contribution in [0, 0.1) is 0 Å². The van der Waals surface area contributed by atoms with Crippen molar-refractivity contribution >= 4 is 17.7 Å². The van der Waals surface area contributed by atoms with Crippen molar-refractivity contribution in [1.82, 2.24) is 4.84 Å². The zero-order valence-electron chi connectivity index (χ0n) is 6.96. The van der Waals surface area contributed by atoms with Gasteiger partial charge in [-0.3, -0.25) is 0 Å². The summed E-state index contributed by atoms with van der Waals surface area (Å²) in [6, 6.07) is -0.566. The number of unbranched alkanes of at least 4 members (excludes halogenated alkanes) is 1.